The van der Waals surface area contributed by atoms with Gasteiger partial charge in [-0.15, -0.1) is 0 Å². The molecule has 1 rings (SSSR count). The number of hydrogen-bond acceptors (Lipinski definition) is 3. The molecule has 114 valence electrons. The Morgan fingerprint density at radius 3 is 2.33 bits per heavy atom. The molecule has 1 atom stereocenters. The lowest BCUT2D eigenvalue weighted by atomic mass is 10.0. The fourth-order valence-corrected chi connectivity index (χ4v) is 1.80. The van der Waals surface area contributed by atoms with E-state index in [0.717, 1.165) is 5.56 Å². The minimum absolute atomic E-state index is 0.0619. The zero-order chi connectivity index (χ0) is 15.7. The van der Waals surface area contributed by atoms with Crippen LogP contribution in [0.5, 0.6) is 0 Å². The summed E-state index contributed by atoms with van der Waals surface area (Å²) in [5.41, 5.74) is 0.979. The number of carboxylic acid groups (broad SMARTS) is 1. The normalized spacial score (nSPS) is 11.5. The Kier molecular flexibility index (Phi) is 6.94. The number of rotatable bonds is 8. The number of amides is 2. The van der Waals surface area contributed by atoms with E-state index < -0.39 is 5.97 Å². The smallest absolute Gasteiger partial charge is 0.303 e. The van der Waals surface area contributed by atoms with Gasteiger partial charge in [0, 0.05) is 19.4 Å². The average molecular weight is 292 g/mol. The summed E-state index contributed by atoms with van der Waals surface area (Å²) in [6.45, 7) is 1.99. The summed E-state index contributed by atoms with van der Waals surface area (Å²) in [5.74, 6) is -1.79. The first kappa shape index (κ1) is 16.7. The van der Waals surface area contributed by atoms with E-state index in [-0.39, 0.29) is 37.1 Å². The Balaban J connectivity index is 2.20. The van der Waals surface area contributed by atoms with E-state index in [1.165, 1.54) is 0 Å². The van der Waals surface area contributed by atoms with Crippen LogP contribution < -0.4 is 10.6 Å². The zero-order valence-corrected chi connectivity index (χ0v) is 12.0. The van der Waals surface area contributed by atoms with Crippen molar-refractivity contribution >= 4 is 17.8 Å². The molecule has 21 heavy (non-hydrogen) atoms. The van der Waals surface area contributed by atoms with Gasteiger partial charge in [0.25, 0.3) is 0 Å². The zero-order valence-electron chi connectivity index (χ0n) is 12.0. The number of aliphatic carboxylic acids is 1. The van der Waals surface area contributed by atoms with Gasteiger partial charge in [-0.25, -0.2) is 0 Å². The van der Waals surface area contributed by atoms with Crippen LogP contribution in [-0.2, 0) is 20.9 Å². The standard InChI is InChI=1S/C15H20N2O4/c1-11(8-15(20)21)7-13(18)17-10-14(19)16-9-12-5-3-2-4-6-12/h2-6,11H,7-10H2,1H3,(H,16,19)(H,17,18)(H,20,21). The molecule has 6 nitrogen and oxygen atoms in total. The maximum Gasteiger partial charge on any atom is 0.303 e. The van der Waals surface area contributed by atoms with E-state index in [0.29, 0.717) is 6.54 Å². The quantitative estimate of drug-likeness (QED) is 0.664. The molecule has 0 radical (unpaired) electrons. The van der Waals surface area contributed by atoms with E-state index in [1.54, 1.807) is 6.92 Å². The minimum atomic E-state index is -0.934. The molecule has 0 aliphatic rings. The SMILES string of the molecule is CC(CC(=O)O)CC(=O)NCC(=O)NCc1ccccc1. The van der Waals surface area contributed by atoms with E-state index >= 15 is 0 Å². The molecule has 0 fully saturated rings. The van der Waals surface area contributed by atoms with Gasteiger partial charge in [-0.3, -0.25) is 14.4 Å². The largest absolute Gasteiger partial charge is 0.481 e. The first-order chi connectivity index (χ1) is 9.97. The van der Waals surface area contributed by atoms with Crippen LogP contribution >= 0.6 is 0 Å². The third kappa shape index (κ3) is 7.71. The van der Waals surface area contributed by atoms with Crippen LogP contribution in [0.3, 0.4) is 0 Å². The summed E-state index contributed by atoms with van der Waals surface area (Å²) < 4.78 is 0. The molecule has 1 aromatic carbocycles. The second-order valence-corrected chi connectivity index (χ2v) is 4.95. The fourth-order valence-electron chi connectivity index (χ4n) is 1.80. The monoisotopic (exact) mass is 292 g/mol. The van der Waals surface area contributed by atoms with Crippen LogP contribution in [0.1, 0.15) is 25.3 Å². The van der Waals surface area contributed by atoms with Crippen LogP contribution in [0.15, 0.2) is 30.3 Å². The molecule has 0 aliphatic heterocycles. The Morgan fingerprint density at radius 2 is 1.71 bits per heavy atom. The molecule has 3 N–H and O–H groups in total. The molecule has 0 spiro atoms. The van der Waals surface area contributed by atoms with Crippen molar-refractivity contribution in [3.05, 3.63) is 35.9 Å². The van der Waals surface area contributed by atoms with Gasteiger partial charge in [-0.1, -0.05) is 37.3 Å². The number of benzene rings is 1. The highest BCUT2D eigenvalue weighted by atomic mass is 16.4. The van der Waals surface area contributed by atoms with Crippen LogP contribution in [0.2, 0.25) is 0 Å². The molecule has 0 heterocycles. The predicted molar refractivity (Wildman–Crippen MR) is 77.3 cm³/mol. The molecule has 0 saturated carbocycles. The van der Waals surface area contributed by atoms with E-state index in [1.807, 2.05) is 30.3 Å². The highest BCUT2D eigenvalue weighted by Crippen LogP contribution is 2.06. The number of carbonyl (C=O) groups excluding carboxylic acids is 2. The van der Waals surface area contributed by atoms with Crippen molar-refractivity contribution in [2.24, 2.45) is 5.92 Å². The first-order valence-corrected chi connectivity index (χ1v) is 6.76. The van der Waals surface area contributed by atoms with Crippen LogP contribution in [-0.4, -0.2) is 29.4 Å². The number of hydrogen-bond donors (Lipinski definition) is 3. The maximum atomic E-state index is 11.6. The molecular weight excluding hydrogens is 272 g/mol. The average Bonchev–Trinajstić information content (AvgIpc) is 2.43. The topological polar surface area (TPSA) is 95.5 Å². The lowest BCUT2D eigenvalue weighted by Gasteiger charge is -2.10. The second kappa shape index (κ2) is 8.73. The third-order valence-electron chi connectivity index (χ3n) is 2.84. The third-order valence-corrected chi connectivity index (χ3v) is 2.84. The van der Waals surface area contributed by atoms with Crippen molar-refractivity contribution in [2.75, 3.05) is 6.54 Å². The second-order valence-electron chi connectivity index (χ2n) is 4.95. The molecule has 0 bridgehead atoms. The van der Waals surface area contributed by atoms with Crippen molar-refractivity contribution in [2.45, 2.75) is 26.3 Å². The maximum absolute atomic E-state index is 11.6. The number of carbonyl (C=O) groups is 3. The Hall–Kier alpha value is -2.37. The van der Waals surface area contributed by atoms with Crippen molar-refractivity contribution in [3.63, 3.8) is 0 Å². The minimum Gasteiger partial charge on any atom is -0.481 e. The van der Waals surface area contributed by atoms with E-state index in [4.69, 9.17) is 5.11 Å². The summed E-state index contributed by atoms with van der Waals surface area (Å²) in [6.07, 6.45) is 0.0336. The number of nitrogens with one attached hydrogen (secondary N) is 2. The Labute approximate surface area is 123 Å². The molecule has 6 heteroatoms. The lowest BCUT2D eigenvalue weighted by Crippen LogP contribution is -2.37. The first-order valence-electron chi connectivity index (χ1n) is 6.76. The van der Waals surface area contributed by atoms with Crippen molar-refractivity contribution < 1.29 is 19.5 Å². The summed E-state index contributed by atoms with van der Waals surface area (Å²) in [7, 11) is 0. The highest BCUT2D eigenvalue weighted by molar-refractivity contribution is 5.84. The van der Waals surface area contributed by atoms with Gasteiger partial charge in [0.2, 0.25) is 11.8 Å². The Bertz CT molecular complexity index is 488. The van der Waals surface area contributed by atoms with Crippen molar-refractivity contribution in [1.82, 2.24) is 10.6 Å². The van der Waals surface area contributed by atoms with Gasteiger partial charge < -0.3 is 15.7 Å². The predicted octanol–water partition coefficient (Wildman–Crippen LogP) is 0.920. The molecule has 2 amide bonds. The van der Waals surface area contributed by atoms with E-state index in [9.17, 15) is 14.4 Å². The van der Waals surface area contributed by atoms with Gasteiger partial charge in [0.15, 0.2) is 0 Å². The molecular formula is C15H20N2O4. The molecule has 0 aromatic heterocycles. The van der Waals surface area contributed by atoms with Crippen molar-refractivity contribution in [1.29, 1.82) is 0 Å². The van der Waals surface area contributed by atoms with Gasteiger partial charge in [-0.2, -0.15) is 0 Å². The van der Waals surface area contributed by atoms with Gasteiger partial charge in [0.1, 0.15) is 0 Å². The summed E-state index contributed by atoms with van der Waals surface area (Å²) in [5, 5.41) is 13.8. The van der Waals surface area contributed by atoms with Crippen LogP contribution in [0, 0.1) is 5.92 Å². The van der Waals surface area contributed by atoms with Gasteiger partial charge >= 0.3 is 5.97 Å². The van der Waals surface area contributed by atoms with Crippen molar-refractivity contribution in [3.8, 4) is 0 Å². The highest BCUT2D eigenvalue weighted by Gasteiger charge is 2.13. The molecule has 0 saturated heterocycles. The van der Waals surface area contributed by atoms with Crippen LogP contribution in [0.4, 0.5) is 0 Å². The summed E-state index contributed by atoms with van der Waals surface area (Å²) in [4.78, 5) is 33.6. The molecule has 1 aromatic rings. The number of carboxylic acids is 1. The molecule has 0 aliphatic carbocycles. The van der Waals surface area contributed by atoms with Gasteiger partial charge in [0.05, 0.1) is 6.54 Å². The fraction of sp³-hybridized carbons (Fsp3) is 0.400. The molecule has 1 unspecified atom stereocenters. The lowest BCUT2D eigenvalue weighted by molar-refractivity contribution is -0.138. The van der Waals surface area contributed by atoms with Gasteiger partial charge in [-0.05, 0) is 11.5 Å². The summed E-state index contributed by atoms with van der Waals surface area (Å²) in [6, 6.07) is 9.45. The Morgan fingerprint density at radius 1 is 1.05 bits per heavy atom. The van der Waals surface area contributed by atoms with Crippen LogP contribution in [0.25, 0.3) is 0 Å². The summed E-state index contributed by atoms with van der Waals surface area (Å²) >= 11 is 0. The van der Waals surface area contributed by atoms with E-state index in [2.05, 4.69) is 10.6 Å².